The Morgan fingerprint density at radius 1 is 1.03 bits per heavy atom. The van der Waals surface area contributed by atoms with Gasteiger partial charge in [0.25, 0.3) is 0 Å². The number of hydrogen-bond donors (Lipinski definition) is 1. The minimum Gasteiger partial charge on any atom is -0.353 e. The van der Waals surface area contributed by atoms with E-state index in [0.29, 0.717) is 5.69 Å². The molecule has 0 bridgehead atoms. The van der Waals surface area contributed by atoms with Crippen LogP contribution in [0.15, 0.2) is 60.9 Å². The van der Waals surface area contributed by atoms with E-state index < -0.39 is 5.82 Å². The second-order valence-corrected chi connectivity index (χ2v) is 8.88. The number of carbonyl (C=O) groups is 1. The number of benzene rings is 2. The van der Waals surface area contributed by atoms with Crippen molar-refractivity contribution in [1.29, 1.82) is 0 Å². The summed E-state index contributed by atoms with van der Waals surface area (Å²) in [5.41, 5.74) is 2.73. The number of pyridine rings is 1. The number of fused-ring (bicyclic) bond motifs is 1. The summed E-state index contributed by atoms with van der Waals surface area (Å²) in [5, 5.41) is 4.03. The van der Waals surface area contributed by atoms with Gasteiger partial charge in [0.05, 0.1) is 11.9 Å². The summed E-state index contributed by atoms with van der Waals surface area (Å²) < 4.78 is 14.0. The maximum Gasteiger partial charge on any atom is 0.228 e. The van der Waals surface area contributed by atoms with Crippen LogP contribution in [0.3, 0.4) is 0 Å². The van der Waals surface area contributed by atoms with E-state index >= 15 is 0 Å². The minimum absolute atomic E-state index is 0.139. The normalized spacial score (nSPS) is 13.8. The molecular weight excluding hydrogens is 467 g/mol. The van der Waals surface area contributed by atoms with Crippen LogP contribution in [0.1, 0.15) is 11.1 Å². The molecular formula is C26H24ClFN6O. The van der Waals surface area contributed by atoms with E-state index in [0.717, 1.165) is 54.4 Å². The largest absolute Gasteiger partial charge is 0.353 e. The van der Waals surface area contributed by atoms with Gasteiger partial charge in [-0.15, -0.1) is 0 Å². The zero-order chi connectivity index (χ0) is 24.4. The van der Waals surface area contributed by atoms with Gasteiger partial charge in [0.1, 0.15) is 11.6 Å². The van der Waals surface area contributed by atoms with E-state index in [1.807, 2.05) is 31.2 Å². The molecule has 1 fully saturated rings. The molecule has 7 nitrogen and oxygen atoms in total. The molecule has 1 aliphatic heterocycles. The molecule has 2 aromatic carbocycles. The third kappa shape index (κ3) is 5.02. The van der Waals surface area contributed by atoms with Crippen molar-refractivity contribution in [1.82, 2.24) is 15.0 Å². The number of nitrogens with zero attached hydrogens (tertiary/aromatic N) is 5. The molecule has 35 heavy (non-hydrogen) atoms. The lowest BCUT2D eigenvalue weighted by Crippen LogP contribution is -2.47. The molecule has 0 atom stereocenters. The van der Waals surface area contributed by atoms with E-state index in [1.165, 1.54) is 12.1 Å². The van der Waals surface area contributed by atoms with Crippen molar-refractivity contribution < 1.29 is 9.18 Å². The number of amides is 1. The number of aryl methyl sites for hydroxylation is 1. The van der Waals surface area contributed by atoms with Crippen LogP contribution in [-0.2, 0) is 11.2 Å². The highest BCUT2D eigenvalue weighted by molar-refractivity contribution is 6.31. The molecule has 1 N–H and O–H groups in total. The maximum atomic E-state index is 14.0. The quantitative estimate of drug-likeness (QED) is 0.439. The highest BCUT2D eigenvalue weighted by atomic mass is 35.5. The van der Waals surface area contributed by atoms with Gasteiger partial charge < -0.3 is 15.1 Å². The van der Waals surface area contributed by atoms with Crippen LogP contribution in [0.4, 0.5) is 21.8 Å². The van der Waals surface area contributed by atoms with Crippen molar-refractivity contribution in [3.63, 3.8) is 0 Å². The summed E-state index contributed by atoms with van der Waals surface area (Å²) in [6.45, 7) is 5.32. The smallest absolute Gasteiger partial charge is 0.228 e. The molecule has 178 valence electrons. The topological polar surface area (TPSA) is 74.2 Å². The van der Waals surface area contributed by atoms with Crippen LogP contribution in [0.5, 0.6) is 0 Å². The third-order valence-corrected chi connectivity index (χ3v) is 6.48. The first kappa shape index (κ1) is 23.0. The minimum atomic E-state index is -0.490. The molecule has 1 aliphatic rings. The first-order chi connectivity index (χ1) is 17.0. The van der Waals surface area contributed by atoms with E-state index in [4.69, 9.17) is 16.6 Å². The molecule has 5 rings (SSSR count). The highest BCUT2D eigenvalue weighted by Crippen LogP contribution is 2.27. The van der Waals surface area contributed by atoms with Crippen LogP contribution < -0.4 is 15.1 Å². The van der Waals surface area contributed by atoms with Crippen LogP contribution >= 0.6 is 11.6 Å². The predicted octanol–water partition coefficient (Wildman–Crippen LogP) is 4.63. The Bertz CT molecular complexity index is 1360. The van der Waals surface area contributed by atoms with Gasteiger partial charge in [-0.05, 0) is 55.0 Å². The van der Waals surface area contributed by atoms with Crippen molar-refractivity contribution in [3.8, 4) is 0 Å². The molecule has 4 aromatic rings. The number of halogens is 2. The summed E-state index contributed by atoms with van der Waals surface area (Å²) >= 11 is 6.05. The summed E-state index contributed by atoms with van der Waals surface area (Å²) in [4.78, 5) is 30.5. The van der Waals surface area contributed by atoms with E-state index in [9.17, 15) is 9.18 Å². The lowest BCUT2D eigenvalue weighted by Gasteiger charge is -2.35. The van der Waals surface area contributed by atoms with E-state index in [-0.39, 0.29) is 22.9 Å². The Labute approximate surface area is 207 Å². The van der Waals surface area contributed by atoms with Crippen LogP contribution in [0.2, 0.25) is 5.02 Å². The molecule has 1 saturated heterocycles. The SMILES string of the molecule is Cc1cc(N2CCN(c3ncccn3)CC2)nc2ccc(NC(=O)Cc3c(F)cccc3Cl)cc12. The zero-order valence-electron chi connectivity index (χ0n) is 19.2. The molecule has 1 amide bonds. The number of carbonyl (C=O) groups excluding carboxylic acids is 1. The van der Waals surface area contributed by atoms with Gasteiger partial charge in [-0.25, -0.2) is 19.3 Å². The lowest BCUT2D eigenvalue weighted by molar-refractivity contribution is -0.115. The molecule has 3 heterocycles. The van der Waals surface area contributed by atoms with Crippen LogP contribution in [-0.4, -0.2) is 47.0 Å². The Morgan fingerprint density at radius 2 is 1.77 bits per heavy atom. The molecule has 0 spiro atoms. The first-order valence-electron chi connectivity index (χ1n) is 11.4. The van der Waals surface area contributed by atoms with Gasteiger partial charge in [-0.1, -0.05) is 17.7 Å². The van der Waals surface area contributed by atoms with Crippen LogP contribution in [0.25, 0.3) is 10.9 Å². The monoisotopic (exact) mass is 490 g/mol. The fraction of sp³-hybridized carbons (Fsp3) is 0.231. The number of nitrogens with one attached hydrogen (secondary N) is 1. The average molecular weight is 491 g/mol. The molecule has 9 heteroatoms. The number of piperazine rings is 1. The average Bonchev–Trinajstić information content (AvgIpc) is 2.87. The molecule has 0 radical (unpaired) electrons. The van der Waals surface area contributed by atoms with Crippen LogP contribution in [0, 0.1) is 12.7 Å². The summed E-state index contributed by atoms with van der Waals surface area (Å²) in [6.07, 6.45) is 3.38. The van der Waals surface area contributed by atoms with Crippen molar-refractivity contribution in [2.24, 2.45) is 0 Å². The van der Waals surface area contributed by atoms with Crippen molar-refractivity contribution >= 4 is 45.9 Å². The lowest BCUT2D eigenvalue weighted by atomic mass is 10.1. The second-order valence-electron chi connectivity index (χ2n) is 8.48. The van der Waals surface area contributed by atoms with Crippen molar-refractivity contribution in [2.75, 3.05) is 41.3 Å². The number of rotatable bonds is 5. The van der Waals surface area contributed by atoms with Gasteiger partial charge in [0, 0.05) is 60.2 Å². The van der Waals surface area contributed by atoms with Gasteiger partial charge in [0.2, 0.25) is 11.9 Å². The first-order valence-corrected chi connectivity index (χ1v) is 11.8. The molecule has 0 saturated carbocycles. The molecule has 0 unspecified atom stereocenters. The van der Waals surface area contributed by atoms with Gasteiger partial charge in [0.15, 0.2) is 0 Å². The van der Waals surface area contributed by atoms with E-state index in [2.05, 4.69) is 31.2 Å². The Kier molecular flexibility index (Phi) is 6.46. The predicted molar refractivity (Wildman–Crippen MR) is 137 cm³/mol. The molecule has 2 aromatic heterocycles. The number of aromatic nitrogens is 3. The summed E-state index contributed by atoms with van der Waals surface area (Å²) in [5.74, 6) is 0.853. The maximum absolute atomic E-state index is 14.0. The number of hydrogen-bond acceptors (Lipinski definition) is 6. The number of anilines is 3. The van der Waals surface area contributed by atoms with E-state index in [1.54, 1.807) is 18.5 Å². The highest BCUT2D eigenvalue weighted by Gasteiger charge is 2.20. The van der Waals surface area contributed by atoms with Gasteiger partial charge in [-0.3, -0.25) is 4.79 Å². The summed E-state index contributed by atoms with van der Waals surface area (Å²) in [6, 6.07) is 13.9. The second kappa shape index (κ2) is 9.84. The van der Waals surface area contributed by atoms with Crippen molar-refractivity contribution in [3.05, 3.63) is 82.9 Å². The third-order valence-electron chi connectivity index (χ3n) is 6.12. The van der Waals surface area contributed by atoms with Gasteiger partial charge in [-0.2, -0.15) is 0 Å². The Morgan fingerprint density at radius 3 is 2.51 bits per heavy atom. The van der Waals surface area contributed by atoms with Gasteiger partial charge >= 0.3 is 0 Å². The fourth-order valence-corrected chi connectivity index (χ4v) is 4.50. The standard InChI is InChI=1S/C26H24ClFN6O/c1-17-14-24(33-10-12-34(13-11-33)26-29-8-3-9-30-26)32-23-7-6-18(15-19(17)23)31-25(35)16-20-21(27)4-2-5-22(20)28/h2-9,14-15H,10-13,16H2,1H3,(H,31,35). The Hall–Kier alpha value is -3.78. The summed E-state index contributed by atoms with van der Waals surface area (Å²) in [7, 11) is 0. The van der Waals surface area contributed by atoms with Crippen molar-refractivity contribution in [2.45, 2.75) is 13.3 Å². The zero-order valence-corrected chi connectivity index (χ0v) is 20.0. The Balaban J connectivity index is 1.29. The molecule has 0 aliphatic carbocycles. The fourth-order valence-electron chi connectivity index (χ4n) is 4.27.